The molecule has 4 nitrogen and oxygen atoms in total. The van der Waals surface area contributed by atoms with Gasteiger partial charge in [0.05, 0.1) is 6.54 Å². The molecule has 1 heterocycles. The first kappa shape index (κ1) is 15.0. The summed E-state index contributed by atoms with van der Waals surface area (Å²) in [5, 5.41) is 0. The molecule has 0 bridgehead atoms. The number of nitrogens with zero attached hydrogens (tertiary/aromatic N) is 1. The normalized spacial score (nSPS) is 14.7. The van der Waals surface area contributed by atoms with Crippen LogP contribution in [0.4, 0.5) is 4.79 Å². The van der Waals surface area contributed by atoms with E-state index in [0.717, 1.165) is 22.7 Å². The molecule has 0 atom stereocenters. The van der Waals surface area contributed by atoms with Crippen LogP contribution in [0.1, 0.15) is 42.3 Å². The summed E-state index contributed by atoms with van der Waals surface area (Å²) in [6.07, 6.45) is 1.27. The number of carbonyl (C=O) groups excluding carboxylic acids is 2. The van der Waals surface area contributed by atoms with Crippen molar-refractivity contribution < 1.29 is 14.3 Å². The molecular weight excluding hydrogens is 322 g/mol. The Hall–Kier alpha value is -1.36. The van der Waals surface area contributed by atoms with E-state index in [-0.39, 0.29) is 6.09 Å². The van der Waals surface area contributed by atoms with Gasteiger partial charge in [0.1, 0.15) is 5.60 Å². The van der Waals surface area contributed by atoms with E-state index in [2.05, 4.69) is 15.9 Å². The Morgan fingerprint density at radius 3 is 2.70 bits per heavy atom. The van der Waals surface area contributed by atoms with Crippen LogP contribution in [0.3, 0.4) is 0 Å². The van der Waals surface area contributed by atoms with Crippen LogP contribution in [0.5, 0.6) is 0 Å². The van der Waals surface area contributed by atoms with E-state index >= 15 is 0 Å². The van der Waals surface area contributed by atoms with Gasteiger partial charge in [0, 0.05) is 16.6 Å². The number of ether oxygens (including phenoxy) is 1. The van der Waals surface area contributed by atoms with Crippen molar-refractivity contribution in [2.45, 2.75) is 39.3 Å². The zero-order valence-corrected chi connectivity index (χ0v) is 13.5. The molecule has 0 saturated carbocycles. The van der Waals surface area contributed by atoms with Gasteiger partial charge in [0.2, 0.25) is 0 Å². The second-order valence-corrected chi connectivity index (χ2v) is 6.67. The Bertz CT molecular complexity index is 549. The van der Waals surface area contributed by atoms with Gasteiger partial charge in [-0.05, 0) is 54.2 Å². The van der Waals surface area contributed by atoms with E-state index < -0.39 is 5.60 Å². The lowest BCUT2D eigenvalue weighted by Gasteiger charge is -2.31. The predicted octanol–water partition coefficient (Wildman–Crippen LogP) is 3.55. The molecule has 1 aliphatic heterocycles. The lowest BCUT2D eigenvalue weighted by Crippen LogP contribution is -2.40. The van der Waals surface area contributed by atoms with Crippen LogP contribution >= 0.6 is 15.9 Å². The maximum atomic E-state index is 12.1. The highest BCUT2D eigenvalue weighted by Gasteiger charge is 2.27. The van der Waals surface area contributed by atoms with Gasteiger partial charge in [-0.15, -0.1) is 0 Å². The average molecular weight is 340 g/mol. The molecule has 1 aromatic carbocycles. The first-order valence-electron chi connectivity index (χ1n) is 6.55. The number of halogens is 1. The Kier molecular flexibility index (Phi) is 4.18. The molecule has 0 saturated heterocycles. The number of aldehydes is 1. The third-order valence-corrected chi connectivity index (χ3v) is 4.09. The molecule has 0 radical (unpaired) electrons. The van der Waals surface area contributed by atoms with Gasteiger partial charge >= 0.3 is 6.09 Å². The quantitative estimate of drug-likeness (QED) is 0.735. The highest BCUT2D eigenvalue weighted by atomic mass is 79.9. The van der Waals surface area contributed by atoms with Gasteiger partial charge in [-0.1, -0.05) is 12.1 Å². The Morgan fingerprint density at radius 2 is 2.10 bits per heavy atom. The summed E-state index contributed by atoms with van der Waals surface area (Å²) in [6, 6.07) is 3.76. The summed E-state index contributed by atoms with van der Waals surface area (Å²) in [5.74, 6) is 0. The summed E-state index contributed by atoms with van der Waals surface area (Å²) in [6.45, 7) is 6.65. The van der Waals surface area contributed by atoms with E-state index in [1.54, 1.807) is 11.0 Å². The molecule has 1 amide bonds. The summed E-state index contributed by atoms with van der Waals surface area (Å²) >= 11 is 3.46. The van der Waals surface area contributed by atoms with Crippen LogP contribution in [0.25, 0.3) is 0 Å². The highest BCUT2D eigenvalue weighted by Crippen LogP contribution is 2.29. The largest absolute Gasteiger partial charge is 0.444 e. The molecule has 0 N–H and O–H groups in total. The minimum atomic E-state index is -0.501. The molecule has 20 heavy (non-hydrogen) atoms. The van der Waals surface area contributed by atoms with Crippen molar-refractivity contribution in [1.29, 1.82) is 0 Å². The van der Waals surface area contributed by atoms with Gasteiger partial charge in [-0.25, -0.2) is 4.79 Å². The zero-order chi connectivity index (χ0) is 14.9. The second kappa shape index (κ2) is 5.56. The van der Waals surface area contributed by atoms with Crippen molar-refractivity contribution in [3.8, 4) is 0 Å². The lowest BCUT2D eigenvalue weighted by atomic mass is 9.98. The van der Waals surface area contributed by atoms with E-state index in [1.807, 2.05) is 26.8 Å². The molecule has 108 valence electrons. The van der Waals surface area contributed by atoms with E-state index in [4.69, 9.17) is 4.74 Å². The summed E-state index contributed by atoms with van der Waals surface area (Å²) in [4.78, 5) is 24.8. The van der Waals surface area contributed by atoms with Gasteiger partial charge in [0.25, 0.3) is 0 Å². The van der Waals surface area contributed by atoms with Crippen molar-refractivity contribution in [2.75, 3.05) is 6.54 Å². The van der Waals surface area contributed by atoms with Crippen LogP contribution in [0.2, 0.25) is 0 Å². The fourth-order valence-electron chi connectivity index (χ4n) is 2.18. The number of amides is 1. The Labute approximate surface area is 127 Å². The molecule has 0 fully saturated rings. The third kappa shape index (κ3) is 3.20. The average Bonchev–Trinajstić information content (AvgIpc) is 2.37. The van der Waals surface area contributed by atoms with Gasteiger partial charge < -0.3 is 9.64 Å². The molecule has 5 heteroatoms. The first-order valence-corrected chi connectivity index (χ1v) is 7.34. The number of hydrogen-bond acceptors (Lipinski definition) is 3. The monoisotopic (exact) mass is 339 g/mol. The number of benzene rings is 1. The number of rotatable bonds is 1. The highest BCUT2D eigenvalue weighted by molar-refractivity contribution is 9.10. The van der Waals surface area contributed by atoms with Gasteiger partial charge in [-0.3, -0.25) is 4.79 Å². The number of fused-ring (bicyclic) bond motifs is 1. The van der Waals surface area contributed by atoms with Crippen molar-refractivity contribution in [2.24, 2.45) is 0 Å². The van der Waals surface area contributed by atoms with Crippen molar-refractivity contribution >= 4 is 28.3 Å². The van der Waals surface area contributed by atoms with Crippen molar-refractivity contribution in [1.82, 2.24) is 4.90 Å². The first-order chi connectivity index (χ1) is 9.31. The molecular formula is C15H18BrNO3. The molecule has 1 aromatic rings. The third-order valence-electron chi connectivity index (χ3n) is 3.15. The standard InChI is InChI=1S/C15H18BrNO3/c1-15(2,3)20-14(19)17-7-6-10-4-5-11(9-18)13(16)12(10)8-17/h4-5,9H,6-8H2,1-3H3. The molecule has 2 rings (SSSR count). The molecule has 0 spiro atoms. The van der Waals surface area contributed by atoms with Crippen LogP contribution < -0.4 is 0 Å². The summed E-state index contributed by atoms with van der Waals surface area (Å²) < 4.78 is 6.17. The smallest absolute Gasteiger partial charge is 0.410 e. The Balaban J connectivity index is 2.22. The van der Waals surface area contributed by atoms with Crippen LogP contribution in [-0.4, -0.2) is 29.4 Å². The fourth-order valence-corrected chi connectivity index (χ4v) is 2.79. The molecule has 1 aliphatic rings. The maximum absolute atomic E-state index is 12.1. The van der Waals surface area contributed by atoms with Crippen LogP contribution in [-0.2, 0) is 17.7 Å². The van der Waals surface area contributed by atoms with Crippen LogP contribution in [0.15, 0.2) is 16.6 Å². The summed E-state index contributed by atoms with van der Waals surface area (Å²) in [5.41, 5.74) is 2.27. The molecule has 0 aliphatic carbocycles. The van der Waals surface area contributed by atoms with Crippen molar-refractivity contribution in [3.05, 3.63) is 33.3 Å². The number of hydrogen-bond donors (Lipinski definition) is 0. The SMILES string of the molecule is CC(C)(C)OC(=O)N1CCc2ccc(C=O)c(Br)c2C1. The molecule has 0 unspecified atom stereocenters. The zero-order valence-electron chi connectivity index (χ0n) is 11.9. The maximum Gasteiger partial charge on any atom is 0.410 e. The summed E-state index contributed by atoms with van der Waals surface area (Å²) in [7, 11) is 0. The van der Waals surface area contributed by atoms with Crippen LogP contribution in [0, 0.1) is 0 Å². The van der Waals surface area contributed by atoms with E-state index in [1.165, 1.54) is 5.56 Å². The lowest BCUT2D eigenvalue weighted by molar-refractivity contribution is 0.0223. The van der Waals surface area contributed by atoms with Gasteiger partial charge in [0.15, 0.2) is 6.29 Å². The predicted molar refractivity (Wildman–Crippen MR) is 79.9 cm³/mol. The minimum absolute atomic E-state index is 0.313. The minimum Gasteiger partial charge on any atom is -0.444 e. The fraction of sp³-hybridized carbons (Fsp3) is 0.467. The van der Waals surface area contributed by atoms with Crippen molar-refractivity contribution in [3.63, 3.8) is 0 Å². The second-order valence-electron chi connectivity index (χ2n) is 5.88. The van der Waals surface area contributed by atoms with E-state index in [0.29, 0.717) is 18.7 Å². The number of carbonyl (C=O) groups is 2. The van der Waals surface area contributed by atoms with E-state index in [9.17, 15) is 9.59 Å². The Morgan fingerprint density at radius 1 is 1.40 bits per heavy atom. The van der Waals surface area contributed by atoms with Gasteiger partial charge in [-0.2, -0.15) is 0 Å². The molecule has 0 aromatic heterocycles. The topological polar surface area (TPSA) is 46.6 Å².